The zero-order valence-corrected chi connectivity index (χ0v) is 10.1. The Morgan fingerprint density at radius 3 is 3.00 bits per heavy atom. The van der Waals surface area contributed by atoms with E-state index < -0.39 is 0 Å². The number of benzene rings is 1. The Kier molecular flexibility index (Phi) is 4.77. The molecule has 0 atom stereocenters. The van der Waals surface area contributed by atoms with E-state index in [9.17, 15) is 4.79 Å². The van der Waals surface area contributed by atoms with Crippen LogP contribution < -0.4 is 5.32 Å². The standard InChI is InChI=1S/C12H15NO2.ClH/c1-2-15-12(14)10-3-4-11-8-13-6-5-9(11)7-10;/h3-4,7,13H,2,5-6,8H2,1H3;1H. The number of ether oxygens (including phenoxy) is 1. The molecule has 0 fully saturated rings. The van der Waals surface area contributed by atoms with Crippen molar-refractivity contribution in [3.8, 4) is 0 Å². The van der Waals surface area contributed by atoms with Crippen LogP contribution in [0.3, 0.4) is 0 Å². The van der Waals surface area contributed by atoms with Crippen molar-refractivity contribution in [2.45, 2.75) is 19.9 Å². The van der Waals surface area contributed by atoms with Crippen LogP contribution in [0.25, 0.3) is 0 Å². The highest BCUT2D eigenvalue weighted by Gasteiger charge is 2.12. The molecule has 3 nitrogen and oxygen atoms in total. The molecule has 0 unspecified atom stereocenters. The van der Waals surface area contributed by atoms with Crippen molar-refractivity contribution in [3.05, 3.63) is 34.9 Å². The van der Waals surface area contributed by atoms with E-state index in [0.717, 1.165) is 19.5 Å². The lowest BCUT2D eigenvalue weighted by molar-refractivity contribution is 0.0526. The first-order valence-corrected chi connectivity index (χ1v) is 5.31. The van der Waals surface area contributed by atoms with Crippen molar-refractivity contribution in [3.63, 3.8) is 0 Å². The fourth-order valence-electron chi connectivity index (χ4n) is 1.82. The van der Waals surface area contributed by atoms with E-state index in [1.54, 1.807) is 0 Å². The Morgan fingerprint density at radius 1 is 1.44 bits per heavy atom. The van der Waals surface area contributed by atoms with E-state index >= 15 is 0 Å². The summed E-state index contributed by atoms with van der Waals surface area (Å²) in [7, 11) is 0. The first-order chi connectivity index (χ1) is 7.31. The van der Waals surface area contributed by atoms with Gasteiger partial charge in [0, 0.05) is 6.54 Å². The van der Waals surface area contributed by atoms with Gasteiger partial charge in [-0.1, -0.05) is 6.07 Å². The SMILES string of the molecule is CCOC(=O)c1ccc2c(c1)CCNC2.Cl. The van der Waals surface area contributed by atoms with Crippen molar-refractivity contribution in [1.82, 2.24) is 5.32 Å². The summed E-state index contributed by atoms with van der Waals surface area (Å²) in [4.78, 5) is 11.5. The van der Waals surface area contributed by atoms with Gasteiger partial charge in [-0.05, 0) is 43.1 Å². The Bertz CT molecular complexity index is 379. The molecule has 1 aromatic rings. The lowest BCUT2D eigenvalue weighted by atomic mass is 9.98. The molecule has 1 N–H and O–H groups in total. The minimum Gasteiger partial charge on any atom is -0.462 e. The van der Waals surface area contributed by atoms with Gasteiger partial charge in [0.25, 0.3) is 0 Å². The van der Waals surface area contributed by atoms with Crippen molar-refractivity contribution in [2.75, 3.05) is 13.2 Å². The smallest absolute Gasteiger partial charge is 0.338 e. The number of carbonyl (C=O) groups is 1. The molecular formula is C12H16ClNO2. The van der Waals surface area contributed by atoms with Gasteiger partial charge in [-0.2, -0.15) is 0 Å². The minimum absolute atomic E-state index is 0. The van der Waals surface area contributed by atoms with E-state index in [1.807, 2.05) is 25.1 Å². The molecule has 16 heavy (non-hydrogen) atoms. The van der Waals surface area contributed by atoms with Gasteiger partial charge in [0.05, 0.1) is 12.2 Å². The molecule has 4 heteroatoms. The molecule has 0 aromatic heterocycles. The Hall–Kier alpha value is -1.06. The van der Waals surface area contributed by atoms with Gasteiger partial charge >= 0.3 is 5.97 Å². The number of esters is 1. The fraction of sp³-hybridized carbons (Fsp3) is 0.417. The van der Waals surface area contributed by atoms with Crippen LogP contribution in [0, 0.1) is 0 Å². The van der Waals surface area contributed by atoms with Gasteiger partial charge in [-0.15, -0.1) is 12.4 Å². The van der Waals surface area contributed by atoms with Crippen LogP contribution in [-0.2, 0) is 17.7 Å². The van der Waals surface area contributed by atoms with Crippen LogP contribution in [0.5, 0.6) is 0 Å². The third kappa shape index (κ3) is 2.74. The summed E-state index contributed by atoms with van der Waals surface area (Å²) >= 11 is 0. The zero-order chi connectivity index (χ0) is 10.7. The van der Waals surface area contributed by atoms with Gasteiger partial charge in [-0.25, -0.2) is 4.79 Å². The molecule has 1 aliphatic rings. The maximum absolute atomic E-state index is 11.5. The molecule has 0 bridgehead atoms. The first kappa shape index (κ1) is 13.0. The van der Waals surface area contributed by atoms with E-state index in [0.29, 0.717) is 12.2 Å². The van der Waals surface area contributed by atoms with E-state index in [-0.39, 0.29) is 18.4 Å². The molecule has 1 aromatic carbocycles. The highest BCUT2D eigenvalue weighted by molar-refractivity contribution is 5.89. The number of halogens is 1. The van der Waals surface area contributed by atoms with E-state index in [1.165, 1.54) is 11.1 Å². The summed E-state index contributed by atoms with van der Waals surface area (Å²) in [5.74, 6) is -0.223. The summed E-state index contributed by atoms with van der Waals surface area (Å²) in [6.07, 6.45) is 0.989. The van der Waals surface area contributed by atoms with E-state index in [4.69, 9.17) is 4.74 Å². The average Bonchev–Trinajstić information content (AvgIpc) is 2.29. The number of carbonyl (C=O) groups excluding carboxylic acids is 1. The molecule has 0 saturated heterocycles. The third-order valence-corrected chi connectivity index (χ3v) is 2.60. The summed E-state index contributed by atoms with van der Waals surface area (Å²) in [5, 5.41) is 3.30. The molecule has 0 amide bonds. The van der Waals surface area contributed by atoms with Crippen LogP contribution in [0.4, 0.5) is 0 Å². The number of nitrogens with one attached hydrogen (secondary N) is 1. The molecule has 1 heterocycles. The van der Waals surface area contributed by atoms with Gasteiger partial charge in [0.15, 0.2) is 0 Å². The Morgan fingerprint density at radius 2 is 2.25 bits per heavy atom. The van der Waals surface area contributed by atoms with Crippen LogP contribution >= 0.6 is 12.4 Å². The Balaban J connectivity index is 0.00000128. The summed E-state index contributed by atoms with van der Waals surface area (Å²) < 4.78 is 4.96. The molecule has 88 valence electrons. The molecule has 1 aliphatic heterocycles. The van der Waals surface area contributed by atoms with Crippen molar-refractivity contribution < 1.29 is 9.53 Å². The second-order valence-electron chi connectivity index (χ2n) is 3.63. The Labute approximate surface area is 102 Å². The lowest BCUT2D eigenvalue weighted by Gasteiger charge is -2.17. The molecule has 0 radical (unpaired) electrons. The average molecular weight is 242 g/mol. The monoisotopic (exact) mass is 241 g/mol. The lowest BCUT2D eigenvalue weighted by Crippen LogP contribution is -2.23. The van der Waals surface area contributed by atoms with Gasteiger partial charge in [0.2, 0.25) is 0 Å². The minimum atomic E-state index is -0.223. The maximum Gasteiger partial charge on any atom is 0.338 e. The quantitative estimate of drug-likeness (QED) is 0.805. The largest absolute Gasteiger partial charge is 0.462 e. The van der Waals surface area contributed by atoms with Crippen molar-refractivity contribution in [1.29, 1.82) is 0 Å². The van der Waals surface area contributed by atoms with Crippen LogP contribution in [0.1, 0.15) is 28.4 Å². The van der Waals surface area contributed by atoms with Gasteiger partial charge < -0.3 is 10.1 Å². The van der Waals surface area contributed by atoms with Gasteiger partial charge in [0.1, 0.15) is 0 Å². The summed E-state index contributed by atoms with van der Waals surface area (Å²) in [6, 6.07) is 5.80. The predicted molar refractivity (Wildman–Crippen MR) is 65.1 cm³/mol. The highest BCUT2D eigenvalue weighted by Crippen LogP contribution is 2.16. The molecular weight excluding hydrogens is 226 g/mol. The normalized spacial score (nSPS) is 13.6. The highest BCUT2D eigenvalue weighted by atomic mass is 35.5. The molecule has 2 rings (SSSR count). The fourth-order valence-corrected chi connectivity index (χ4v) is 1.82. The summed E-state index contributed by atoms with van der Waals surface area (Å²) in [6.45, 7) is 4.13. The van der Waals surface area contributed by atoms with Crippen molar-refractivity contribution >= 4 is 18.4 Å². The van der Waals surface area contributed by atoms with Gasteiger partial charge in [-0.3, -0.25) is 0 Å². The number of hydrogen-bond acceptors (Lipinski definition) is 3. The number of hydrogen-bond donors (Lipinski definition) is 1. The molecule has 0 spiro atoms. The first-order valence-electron chi connectivity index (χ1n) is 5.31. The van der Waals surface area contributed by atoms with Crippen LogP contribution in [0.15, 0.2) is 18.2 Å². The van der Waals surface area contributed by atoms with E-state index in [2.05, 4.69) is 5.32 Å². The zero-order valence-electron chi connectivity index (χ0n) is 9.29. The predicted octanol–water partition coefficient (Wildman–Crippen LogP) is 1.93. The van der Waals surface area contributed by atoms with Crippen LogP contribution in [0.2, 0.25) is 0 Å². The maximum atomic E-state index is 11.5. The molecule has 0 aliphatic carbocycles. The van der Waals surface area contributed by atoms with Crippen LogP contribution in [-0.4, -0.2) is 19.1 Å². The number of rotatable bonds is 2. The second-order valence-corrected chi connectivity index (χ2v) is 3.63. The van der Waals surface area contributed by atoms with Crippen molar-refractivity contribution in [2.24, 2.45) is 0 Å². The topological polar surface area (TPSA) is 38.3 Å². The third-order valence-electron chi connectivity index (χ3n) is 2.60. The summed E-state index contributed by atoms with van der Waals surface area (Å²) in [5.41, 5.74) is 3.21. The molecule has 0 saturated carbocycles. The second kappa shape index (κ2) is 5.87. The number of fused-ring (bicyclic) bond motifs is 1.